The van der Waals surface area contributed by atoms with Gasteiger partial charge in [-0.3, -0.25) is 9.11 Å². The van der Waals surface area contributed by atoms with Gasteiger partial charge in [-0.25, -0.2) is 31.5 Å². The third-order valence-electron chi connectivity index (χ3n) is 6.97. The Morgan fingerprint density at radius 1 is 0.679 bits per heavy atom. The van der Waals surface area contributed by atoms with E-state index in [0.29, 0.717) is 0 Å². The number of phenolic OH excluding ortho intramolecular Hbond substituents is 1. The molecule has 0 heterocycles. The maximum absolute atomic E-state index is 12.5. The minimum absolute atomic E-state index is 0.0138. The van der Waals surface area contributed by atoms with E-state index in [-0.39, 0.29) is 48.9 Å². The zero-order valence-corrected chi connectivity index (χ0v) is 32.3. The topological polar surface area (TPSA) is 384 Å². The Morgan fingerprint density at radius 2 is 1.20 bits per heavy atom. The zero-order chi connectivity index (χ0) is 41.7. The van der Waals surface area contributed by atoms with E-state index < -0.39 is 102 Å². The number of anilines is 1. The number of nitrogen functional groups attached to an aromatic ring is 1. The molecule has 0 aliphatic carbocycles. The summed E-state index contributed by atoms with van der Waals surface area (Å²) >= 11 is 0.243. The number of benzene rings is 4. The molecule has 4 aromatic rings. The molecule has 0 spiro atoms. The van der Waals surface area contributed by atoms with E-state index in [9.17, 15) is 51.7 Å². The number of hydrogen-bond donors (Lipinski definition) is 6. The third-order valence-corrected chi connectivity index (χ3v) is 13.5. The molecule has 0 aromatic heterocycles. The van der Waals surface area contributed by atoms with Gasteiger partial charge in [-0.05, 0) is 66.0 Å². The van der Waals surface area contributed by atoms with Gasteiger partial charge in [0.05, 0.1) is 73.0 Å². The van der Waals surface area contributed by atoms with Crippen LogP contribution < -0.4 is 5.73 Å². The van der Waals surface area contributed by atoms with Gasteiger partial charge in [-0.1, -0.05) is 5.04 Å². The molecule has 304 valence electrons. The lowest BCUT2D eigenvalue weighted by Crippen LogP contribution is -2.18. The lowest BCUT2D eigenvalue weighted by molar-refractivity contribution is -0.432. The van der Waals surface area contributed by atoms with E-state index in [4.69, 9.17) is 20.8 Å². The molecule has 0 aliphatic rings. The Hall–Kier alpha value is -4.28. The quantitative estimate of drug-likeness (QED) is 0.0206. The number of phenols is 1. The first-order valence-corrected chi connectivity index (χ1v) is 22.8. The van der Waals surface area contributed by atoms with Crippen LogP contribution in [0.4, 0.5) is 28.4 Å². The maximum Gasteiger partial charge on any atom is 0.397 e. The number of azo groups is 2. The molecule has 4 aromatic carbocycles. The Balaban J connectivity index is 1.74. The molecular weight excluding hydrogens is 879 g/mol. The smallest absolute Gasteiger partial charge is 0.397 e. The van der Waals surface area contributed by atoms with Crippen LogP contribution in [0.3, 0.4) is 0 Å². The molecular formula is C26H25N5O19S6. The highest BCUT2D eigenvalue weighted by Crippen LogP contribution is 2.49. The first-order chi connectivity index (χ1) is 26.0. The second-order valence-electron chi connectivity index (χ2n) is 10.6. The fourth-order valence-corrected chi connectivity index (χ4v) is 9.62. The van der Waals surface area contributed by atoms with Crippen LogP contribution in [0.15, 0.2) is 101 Å². The largest absolute Gasteiger partial charge is 0.505 e. The molecule has 0 unspecified atom stereocenters. The summed E-state index contributed by atoms with van der Waals surface area (Å²) in [4.78, 5) is -1.77. The second kappa shape index (κ2) is 17.5. The predicted molar refractivity (Wildman–Crippen MR) is 191 cm³/mol. The highest BCUT2D eigenvalue weighted by atomic mass is 32.3. The third kappa shape index (κ3) is 11.4. The second-order valence-corrected chi connectivity index (χ2v) is 19.7. The van der Waals surface area contributed by atoms with Gasteiger partial charge in [0.1, 0.15) is 16.3 Å². The number of rotatable bonds is 18. The summed E-state index contributed by atoms with van der Waals surface area (Å²) < 4.78 is 149. The average Bonchev–Trinajstić information content (AvgIpc) is 3.11. The summed E-state index contributed by atoms with van der Waals surface area (Å²) in [5, 5.41) is 47.0. The molecule has 0 amide bonds. The SMILES string of the molecule is Nc1c(N=Nc2ccc(S(=O)(=O)CCS(=O)(=O)OO)cc2)c(S(=O)(=O)O)cc2cc(SOOO)c(N=Nc3ccc(S(=O)(=O)CCOS(=O)(=O)O)cc3)c(O)c12. The Morgan fingerprint density at radius 3 is 1.68 bits per heavy atom. The van der Waals surface area contributed by atoms with Crippen LogP contribution in [0.1, 0.15) is 0 Å². The first kappa shape index (κ1) is 44.4. The molecule has 0 radical (unpaired) electrons. The van der Waals surface area contributed by atoms with Gasteiger partial charge in [0.25, 0.3) is 20.2 Å². The first-order valence-electron chi connectivity index (χ1n) is 14.4. The van der Waals surface area contributed by atoms with Gasteiger partial charge in [-0.15, -0.1) is 18.9 Å². The van der Waals surface area contributed by atoms with Crippen LogP contribution in [0.25, 0.3) is 10.8 Å². The Bertz CT molecular complexity index is 2750. The predicted octanol–water partition coefficient (Wildman–Crippen LogP) is 3.82. The summed E-state index contributed by atoms with van der Waals surface area (Å²) in [5.74, 6) is -3.63. The average molecular weight is 904 g/mol. The highest BCUT2D eigenvalue weighted by molar-refractivity contribution is 7.94. The van der Waals surface area contributed by atoms with Crippen LogP contribution in [0, 0.1) is 0 Å². The van der Waals surface area contributed by atoms with Crippen molar-refractivity contribution in [2.45, 2.75) is 19.6 Å². The summed E-state index contributed by atoms with van der Waals surface area (Å²) in [6.07, 6.45) is 0. The van der Waals surface area contributed by atoms with E-state index in [0.717, 1.165) is 48.5 Å². The van der Waals surface area contributed by atoms with Crippen LogP contribution >= 0.6 is 12.0 Å². The van der Waals surface area contributed by atoms with E-state index in [1.54, 1.807) is 0 Å². The van der Waals surface area contributed by atoms with Crippen molar-refractivity contribution in [2.24, 2.45) is 20.5 Å². The number of fused-ring (bicyclic) bond motifs is 1. The molecule has 30 heteroatoms. The normalized spacial score (nSPS) is 13.3. The van der Waals surface area contributed by atoms with Crippen molar-refractivity contribution >= 4 is 102 Å². The summed E-state index contributed by atoms with van der Waals surface area (Å²) in [6, 6.07) is 10.7. The van der Waals surface area contributed by atoms with Crippen molar-refractivity contribution in [1.29, 1.82) is 0 Å². The van der Waals surface area contributed by atoms with E-state index in [1.165, 1.54) is 12.1 Å². The van der Waals surface area contributed by atoms with Crippen LogP contribution in [0.5, 0.6) is 5.75 Å². The minimum Gasteiger partial charge on any atom is -0.505 e. The lowest BCUT2D eigenvalue weighted by atomic mass is 10.1. The minimum atomic E-state index is -5.13. The molecule has 0 atom stereocenters. The van der Waals surface area contributed by atoms with Gasteiger partial charge in [0.15, 0.2) is 25.4 Å². The molecule has 56 heavy (non-hydrogen) atoms. The fourth-order valence-electron chi connectivity index (χ4n) is 4.41. The number of hydrogen-bond acceptors (Lipinski definition) is 23. The van der Waals surface area contributed by atoms with Gasteiger partial charge >= 0.3 is 10.4 Å². The van der Waals surface area contributed by atoms with Crippen molar-refractivity contribution in [3.05, 3.63) is 60.7 Å². The summed E-state index contributed by atoms with van der Waals surface area (Å²) in [5.41, 5.74) is 4.39. The van der Waals surface area contributed by atoms with Crippen molar-refractivity contribution in [3.63, 3.8) is 0 Å². The number of nitrogens with two attached hydrogens (primary N) is 1. The monoisotopic (exact) mass is 903 g/mol. The van der Waals surface area contributed by atoms with E-state index >= 15 is 0 Å². The van der Waals surface area contributed by atoms with Crippen molar-refractivity contribution < 1.29 is 84.7 Å². The zero-order valence-electron chi connectivity index (χ0n) is 27.4. The molecule has 4 rings (SSSR count). The maximum atomic E-state index is 12.5. The van der Waals surface area contributed by atoms with Crippen molar-refractivity contribution in [3.8, 4) is 5.75 Å². The van der Waals surface area contributed by atoms with Crippen LogP contribution in [0.2, 0.25) is 0 Å². The van der Waals surface area contributed by atoms with Crippen LogP contribution in [-0.2, 0) is 68.2 Å². The van der Waals surface area contributed by atoms with Crippen molar-refractivity contribution in [1.82, 2.24) is 0 Å². The Kier molecular flexibility index (Phi) is 13.9. The molecule has 0 fully saturated rings. The molecule has 0 aliphatic heterocycles. The molecule has 0 saturated heterocycles. The standard InChI is InChI=1S/C26H25N5O19S6/c27-23-22-15(14-21(55(41,42)43)25(23)31-29-17-3-7-19(8-4-17)53(37,38)11-12-54(39,40)49-34)13-20(51-50-48-33)24(26(22)32)30-28-16-1-5-18(6-2-16)52(35,36)10-9-47-56(44,45)46/h1-8,13-14,32-34H,9-12,27H2,(H,41,42,43)(H,44,45,46). The number of sulfone groups is 2. The lowest BCUT2D eigenvalue weighted by Gasteiger charge is -2.14. The highest BCUT2D eigenvalue weighted by Gasteiger charge is 2.26. The number of nitrogens with zero attached hydrogens (tertiary/aromatic N) is 4. The molecule has 0 saturated carbocycles. The van der Waals surface area contributed by atoms with Crippen LogP contribution in [-0.4, -0.2) is 90.7 Å². The summed E-state index contributed by atoms with van der Waals surface area (Å²) in [7, 11) is -22.8. The Labute approximate surface area is 320 Å². The molecule has 24 nitrogen and oxygen atoms in total. The summed E-state index contributed by atoms with van der Waals surface area (Å²) in [6.45, 7) is -0.872. The fraction of sp³-hybridized carbons (Fsp3) is 0.154. The van der Waals surface area contributed by atoms with Gasteiger partial charge < -0.3 is 10.8 Å². The van der Waals surface area contributed by atoms with Gasteiger partial charge in [-0.2, -0.15) is 35.5 Å². The van der Waals surface area contributed by atoms with Gasteiger partial charge in [0.2, 0.25) is 0 Å². The van der Waals surface area contributed by atoms with E-state index in [2.05, 4.69) is 38.3 Å². The van der Waals surface area contributed by atoms with E-state index in [1.807, 2.05) is 0 Å². The molecule has 7 N–H and O–H groups in total. The molecule has 0 bridgehead atoms. The number of aromatic hydroxyl groups is 1. The van der Waals surface area contributed by atoms with Gasteiger partial charge in [0, 0.05) is 0 Å². The van der Waals surface area contributed by atoms with Crippen molar-refractivity contribution in [2.75, 3.05) is 29.6 Å².